The summed E-state index contributed by atoms with van der Waals surface area (Å²) in [6.07, 6.45) is 3.53. The molecule has 0 aliphatic rings. The van der Waals surface area contributed by atoms with Gasteiger partial charge in [0.25, 0.3) is 0 Å². The van der Waals surface area contributed by atoms with Crippen molar-refractivity contribution in [1.82, 2.24) is 9.97 Å². The smallest absolute Gasteiger partial charge is 0.130 e. The van der Waals surface area contributed by atoms with Gasteiger partial charge in [0.1, 0.15) is 17.2 Å². The Balaban J connectivity index is 2.56. The van der Waals surface area contributed by atoms with Crippen molar-refractivity contribution < 1.29 is 0 Å². The standard InChI is InChI=1S/C8H14N4S/c1-6(9)4-10-7-3-8(13-2)12-5-11-7/h3,5-6H,4,9H2,1-2H3,(H,10,11,12). The first-order valence-corrected chi connectivity index (χ1v) is 5.30. The van der Waals surface area contributed by atoms with Crippen LogP contribution in [0.15, 0.2) is 17.4 Å². The minimum atomic E-state index is 0.132. The molecule has 1 aromatic heterocycles. The second kappa shape index (κ2) is 5.04. The highest BCUT2D eigenvalue weighted by atomic mass is 32.2. The number of anilines is 1. The summed E-state index contributed by atoms with van der Waals surface area (Å²) in [5.74, 6) is 0.830. The van der Waals surface area contributed by atoms with Crippen LogP contribution in [0, 0.1) is 0 Å². The molecular formula is C8H14N4S. The fourth-order valence-electron chi connectivity index (χ4n) is 0.813. The molecule has 4 nitrogen and oxygen atoms in total. The monoisotopic (exact) mass is 198 g/mol. The summed E-state index contributed by atoms with van der Waals surface area (Å²) in [6, 6.07) is 2.04. The number of hydrogen-bond acceptors (Lipinski definition) is 5. The molecule has 0 aromatic carbocycles. The van der Waals surface area contributed by atoms with E-state index in [1.165, 1.54) is 0 Å². The number of rotatable bonds is 4. The first-order chi connectivity index (χ1) is 6.22. The molecule has 5 heteroatoms. The number of thioether (sulfide) groups is 1. The predicted molar refractivity (Wildman–Crippen MR) is 56.0 cm³/mol. The van der Waals surface area contributed by atoms with Crippen molar-refractivity contribution in [3.63, 3.8) is 0 Å². The Morgan fingerprint density at radius 2 is 2.38 bits per heavy atom. The summed E-state index contributed by atoms with van der Waals surface area (Å²) in [6.45, 7) is 2.68. The Morgan fingerprint density at radius 1 is 1.62 bits per heavy atom. The van der Waals surface area contributed by atoms with Gasteiger partial charge in [-0.05, 0) is 13.2 Å². The van der Waals surface area contributed by atoms with Gasteiger partial charge in [-0.25, -0.2) is 9.97 Å². The molecule has 0 amide bonds. The largest absolute Gasteiger partial charge is 0.368 e. The molecule has 1 heterocycles. The zero-order valence-electron chi connectivity index (χ0n) is 7.82. The minimum Gasteiger partial charge on any atom is -0.368 e. The van der Waals surface area contributed by atoms with E-state index in [2.05, 4.69) is 15.3 Å². The van der Waals surface area contributed by atoms with Crippen LogP contribution < -0.4 is 11.1 Å². The molecule has 1 rings (SSSR count). The van der Waals surface area contributed by atoms with Crippen LogP contribution in [0.1, 0.15) is 6.92 Å². The van der Waals surface area contributed by atoms with E-state index in [4.69, 9.17) is 5.73 Å². The fraction of sp³-hybridized carbons (Fsp3) is 0.500. The average molecular weight is 198 g/mol. The van der Waals surface area contributed by atoms with E-state index in [9.17, 15) is 0 Å². The molecule has 0 saturated heterocycles. The zero-order chi connectivity index (χ0) is 9.68. The average Bonchev–Trinajstić information content (AvgIpc) is 2.15. The molecule has 3 N–H and O–H groups in total. The molecule has 1 aromatic rings. The lowest BCUT2D eigenvalue weighted by molar-refractivity contribution is 0.776. The fourth-order valence-corrected chi connectivity index (χ4v) is 1.20. The number of hydrogen-bond donors (Lipinski definition) is 2. The number of nitrogens with two attached hydrogens (primary N) is 1. The maximum absolute atomic E-state index is 5.60. The van der Waals surface area contributed by atoms with Gasteiger partial charge in [-0.15, -0.1) is 11.8 Å². The summed E-state index contributed by atoms with van der Waals surface area (Å²) >= 11 is 1.59. The van der Waals surface area contributed by atoms with Gasteiger partial charge in [-0.2, -0.15) is 0 Å². The SMILES string of the molecule is CSc1cc(NCC(C)N)ncn1. The van der Waals surface area contributed by atoms with Gasteiger partial charge in [0.15, 0.2) is 0 Å². The molecule has 0 radical (unpaired) electrons. The second-order valence-corrected chi connectivity index (χ2v) is 3.63. The van der Waals surface area contributed by atoms with Crippen LogP contribution in [0.3, 0.4) is 0 Å². The number of aromatic nitrogens is 2. The summed E-state index contributed by atoms with van der Waals surface area (Å²) in [4.78, 5) is 8.13. The first-order valence-electron chi connectivity index (χ1n) is 4.08. The topological polar surface area (TPSA) is 63.8 Å². The van der Waals surface area contributed by atoms with Crippen LogP contribution in [-0.2, 0) is 0 Å². The molecule has 0 saturated carbocycles. The van der Waals surface area contributed by atoms with Gasteiger partial charge >= 0.3 is 0 Å². The zero-order valence-corrected chi connectivity index (χ0v) is 8.64. The molecule has 0 aliphatic carbocycles. The van der Waals surface area contributed by atoms with E-state index >= 15 is 0 Å². The second-order valence-electron chi connectivity index (χ2n) is 2.80. The van der Waals surface area contributed by atoms with E-state index in [-0.39, 0.29) is 6.04 Å². The van der Waals surface area contributed by atoms with E-state index in [0.29, 0.717) is 0 Å². The van der Waals surface area contributed by atoms with E-state index in [1.54, 1.807) is 18.1 Å². The Bertz CT molecular complexity index is 264. The van der Waals surface area contributed by atoms with Crippen LogP contribution in [0.4, 0.5) is 5.82 Å². The van der Waals surface area contributed by atoms with Crippen LogP contribution in [0.5, 0.6) is 0 Å². The van der Waals surface area contributed by atoms with Gasteiger partial charge in [0.05, 0.1) is 0 Å². The molecule has 1 atom stereocenters. The molecule has 0 aliphatic heterocycles. The quantitative estimate of drug-likeness (QED) is 0.557. The number of nitrogens with one attached hydrogen (secondary N) is 1. The lowest BCUT2D eigenvalue weighted by atomic mass is 10.3. The summed E-state index contributed by atoms with van der Waals surface area (Å²) < 4.78 is 0. The van der Waals surface area contributed by atoms with Crippen LogP contribution in [-0.4, -0.2) is 28.8 Å². The van der Waals surface area contributed by atoms with Crippen molar-refractivity contribution in [1.29, 1.82) is 0 Å². The third kappa shape index (κ3) is 3.61. The minimum absolute atomic E-state index is 0.132. The Kier molecular flexibility index (Phi) is 3.98. The van der Waals surface area contributed by atoms with E-state index < -0.39 is 0 Å². The van der Waals surface area contributed by atoms with Crippen molar-refractivity contribution in [2.24, 2.45) is 5.73 Å². The third-order valence-corrected chi connectivity index (χ3v) is 2.10. The molecule has 13 heavy (non-hydrogen) atoms. The normalized spacial score (nSPS) is 12.5. The summed E-state index contributed by atoms with van der Waals surface area (Å²) in [7, 11) is 0. The van der Waals surface area contributed by atoms with Crippen molar-refractivity contribution in [3.8, 4) is 0 Å². The van der Waals surface area contributed by atoms with Crippen molar-refractivity contribution in [2.45, 2.75) is 18.0 Å². The van der Waals surface area contributed by atoms with Crippen LogP contribution in [0.25, 0.3) is 0 Å². The lowest BCUT2D eigenvalue weighted by Crippen LogP contribution is -2.25. The molecular weight excluding hydrogens is 184 g/mol. The third-order valence-electron chi connectivity index (χ3n) is 1.46. The molecule has 72 valence electrons. The van der Waals surface area contributed by atoms with Crippen molar-refractivity contribution >= 4 is 17.6 Å². The van der Waals surface area contributed by atoms with Gasteiger partial charge in [-0.3, -0.25) is 0 Å². The Morgan fingerprint density at radius 3 is 3.00 bits per heavy atom. The van der Waals surface area contributed by atoms with E-state index in [0.717, 1.165) is 17.4 Å². The van der Waals surface area contributed by atoms with Gasteiger partial charge in [0.2, 0.25) is 0 Å². The van der Waals surface area contributed by atoms with Crippen molar-refractivity contribution in [2.75, 3.05) is 18.1 Å². The van der Waals surface area contributed by atoms with Gasteiger partial charge < -0.3 is 11.1 Å². The predicted octanol–water partition coefficient (Wildman–Crippen LogP) is 0.958. The van der Waals surface area contributed by atoms with Gasteiger partial charge in [-0.1, -0.05) is 0 Å². The highest BCUT2D eigenvalue weighted by Crippen LogP contribution is 2.13. The van der Waals surface area contributed by atoms with Crippen LogP contribution in [0.2, 0.25) is 0 Å². The summed E-state index contributed by atoms with van der Waals surface area (Å²) in [5.41, 5.74) is 5.60. The summed E-state index contributed by atoms with van der Waals surface area (Å²) in [5, 5.41) is 4.09. The maximum atomic E-state index is 5.60. The molecule has 0 fully saturated rings. The molecule has 1 unspecified atom stereocenters. The Hall–Kier alpha value is -0.810. The van der Waals surface area contributed by atoms with Crippen molar-refractivity contribution in [3.05, 3.63) is 12.4 Å². The highest BCUT2D eigenvalue weighted by Gasteiger charge is 1.98. The Labute approximate surface area is 82.3 Å². The maximum Gasteiger partial charge on any atom is 0.130 e. The van der Waals surface area contributed by atoms with Crippen LogP contribution >= 0.6 is 11.8 Å². The molecule has 0 spiro atoms. The number of nitrogens with zero attached hydrogens (tertiary/aromatic N) is 2. The van der Waals surface area contributed by atoms with Gasteiger partial charge in [0, 0.05) is 18.7 Å². The molecule has 0 bridgehead atoms. The highest BCUT2D eigenvalue weighted by molar-refractivity contribution is 7.98. The first kappa shape index (κ1) is 10.3. The van der Waals surface area contributed by atoms with E-state index in [1.807, 2.05) is 19.2 Å². The lowest BCUT2D eigenvalue weighted by Gasteiger charge is -2.07.